The number of carbonyl (C=O) groups is 1. The minimum absolute atomic E-state index is 0. The highest BCUT2D eigenvalue weighted by Gasteiger charge is 2.16. The highest BCUT2D eigenvalue weighted by atomic mass is 35.5. The van der Waals surface area contributed by atoms with Gasteiger partial charge in [0.15, 0.2) is 17.6 Å². The molecule has 0 aliphatic heterocycles. The van der Waals surface area contributed by atoms with Crippen LogP contribution in [0.5, 0.6) is 0 Å². The molecule has 0 saturated heterocycles. The Kier molecular flexibility index (Phi) is 5.79. The average Bonchev–Trinajstić information content (AvgIpc) is 2.75. The third-order valence-electron chi connectivity index (χ3n) is 3.01. The van der Waals surface area contributed by atoms with Gasteiger partial charge >= 0.3 is 0 Å². The molecule has 0 bridgehead atoms. The van der Waals surface area contributed by atoms with Crippen LogP contribution in [0.1, 0.15) is 19.8 Å². The number of fused-ring (bicyclic) bond motifs is 1. The fourth-order valence-electron chi connectivity index (χ4n) is 2.08. The first-order valence-corrected chi connectivity index (χ1v) is 6.23. The fraction of sp³-hybridized carbons (Fsp3) is 0.385. The van der Waals surface area contributed by atoms with Gasteiger partial charge in [-0.2, -0.15) is 0 Å². The van der Waals surface area contributed by atoms with Gasteiger partial charge in [-0.3, -0.25) is 10.2 Å². The first-order chi connectivity index (χ1) is 8.76. The molecule has 1 amide bonds. The Morgan fingerprint density at radius 1 is 1.42 bits per heavy atom. The zero-order valence-electron chi connectivity index (χ0n) is 11.0. The van der Waals surface area contributed by atoms with E-state index in [1.807, 2.05) is 29.1 Å². The van der Waals surface area contributed by atoms with Crippen molar-refractivity contribution in [2.24, 2.45) is 5.84 Å². The first kappa shape index (κ1) is 15.5. The summed E-state index contributed by atoms with van der Waals surface area (Å²) in [6.45, 7) is 3.38. The maximum atomic E-state index is 11.4. The van der Waals surface area contributed by atoms with Gasteiger partial charge in [-0.1, -0.05) is 25.5 Å². The van der Waals surface area contributed by atoms with Gasteiger partial charge in [0, 0.05) is 0 Å². The van der Waals surface area contributed by atoms with Crippen molar-refractivity contribution >= 4 is 16.9 Å². The Balaban J connectivity index is 0.00000180. The van der Waals surface area contributed by atoms with Gasteiger partial charge in [-0.25, -0.2) is 15.0 Å². The minimum Gasteiger partial charge on any atom is -1.00 e. The summed E-state index contributed by atoms with van der Waals surface area (Å²) < 4.78 is 4.11. The second kappa shape index (κ2) is 7.11. The van der Waals surface area contributed by atoms with Crippen LogP contribution in [0.4, 0.5) is 0 Å². The molecule has 0 fully saturated rings. The molecule has 0 spiro atoms. The predicted octanol–water partition coefficient (Wildman–Crippen LogP) is -2.28. The molecule has 2 aromatic rings. The van der Waals surface area contributed by atoms with Crippen LogP contribution >= 0.6 is 0 Å². The molecule has 0 atom stereocenters. The number of carbonyl (C=O) groups excluding carboxylic acids is 1. The number of rotatable bonds is 5. The lowest BCUT2D eigenvalue weighted by molar-refractivity contribution is -0.659. The van der Waals surface area contributed by atoms with E-state index in [1.165, 1.54) is 0 Å². The first-order valence-electron chi connectivity index (χ1n) is 6.23. The van der Waals surface area contributed by atoms with E-state index < -0.39 is 0 Å². The number of imidazole rings is 1. The maximum Gasteiger partial charge on any atom is 0.276 e. The van der Waals surface area contributed by atoms with Crippen LogP contribution in [0.15, 0.2) is 30.6 Å². The van der Waals surface area contributed by atoms with E-state index in [0.29, 0.717) is 0 Å². The Hall–Kier alpha value is -1.59. The summed E-state index contributed by atoms with van der Waals surface area (Å²) in [5, 5.41) is 0. The molecule has 0 saturated carbocycles. The minimum atomic E-state index is -0.196. The Morgan fingerprint density at radius 2 is 2.16 bits per heavy atom. The summed E-state index contributed by atoms with van der Waals surface area (Å²) in [5.74, 6) is 4.94. The zero-order valence-corrected chi connectivity index (χ0v) is 11.7. The van der Waals surface area contributed by atoms with Gasteiger partial charge in [0.2, 0.25) is 6.33 Å². The fourth-order valence-corrected chi connectivity index (χ4v) is 2.08. The molecule has 1 aromatic heterocycles. The predicted molar refractivity (Wildman–Crippen MR) is 69.4 cm³/mol. The summed E-state index contributed by atoms with van der Waals surface area (Å²) in [7, 11) is 0. The van der Waals surface area contributed by atoms with E-state index in [-0.39, 0.29) is 24.9 Å². The molecule has 3 N–H and O–H groups in total. The second-order valence-corrected chi connectivity index (χ2v) is 4.35. The van der Waals surface area contributed by atoms with Gasteiger partial charge < -0.3 is 12.4 Å². The second-order valence-electron chi connectivity index (χ2n) is 4.35. The molecule has 0 radical (unpaired) electrons. The van der Waals surface area contributed by atoms with Crippen LogP contribution in [-0.4, -0.2) is 10.5 Å². The third-order valence-corrected chi connectivity index (χ3v) is 3.01. The van der Waals surface area contributed by atoms with Gasteiger partial charge in [-0.15, -0.1) is 0 Å². The molecular weight excluding hydrogens is 264 g/mol. The van der Waals surface area contributed by atoms with Crippen LogP contribution in [0, 0.1) is 0 Å². The molecule has 1 heterocycles. The number of hydrogen-bond acceptors (Lipinski definition) is 2. The summed E-state index contributed by atoms with van der Waals surface area (Å²) in [6, 6.07) is 8.07. The lowest BCUT2D eigenvalue weighted by Gasteiger charge is -1.95. The summed E-state index contributed by atoms with van der Waals surface area (Å²) >= 11 is 0. The smallest absolute Gasteiger partial charge is 0.276 e. The molecule has 0 unspecified atom stereocenters. The largest absolute Gasteiger partial charge is 1.00 e. The maximum absolute atomic E-state index is 11.4. The topological polar surface area (TPSA) is 63.9 Å². The van der Waals surface area contributed by atoms with Crippen molar-refractivity contribution in [3.05, 3.63) is 30.6 Å². The van der Waals surface area contributed by atoms with Crippen LogP contribution in [-0.2, 0) is 17.9 Å². The van der Waals surface area contributed by atoms with E-state index in [1.54, 1.807) is 0 Å². The molecule has 0 aliphatic carbocycles. The molecule has 6 heteroatoms. The number of hydrazine groups is 1. The molecule has 104 valence electrons. The van der Waals surface area contributed by atoms with Crippen molar-refractivity contribution in [1.82, 2.24) is 9.99 Å². The lowest BCUT2D eigenvalue weighted by atomic mass is 10.3. The average molecular weight is 283 g/mol. The number of nitrogens with one attached hydrogen (secondary N) is 1. The third kappa shape index (κ3) is 3.45. The number of benzene rings is 1. The van der Waals surface area contributed by atoms with E-state index in [9.17, 15) is 4.79 Å². The van der Waals surface area contributed by atoms with Gasteiger partial charge in [-0.05, 0) is 18.6 Å². The number of para-hydroxylation sites is 2. The Bertz CT molecular complexity index is 553. The van der Waals surface area contributed by atoms with Crippen molar-refractivity contribution in [2.75, 3.05) is 0 Å². The number of halogens is 1. The van der Waals surface area contributed by atoms with Crippen LogP contribution in [0.25, 0.3) is 11.0 Å². The number of nitrogens with zero attached hydrogens (tertiary/aromatic N) is 2. The van der Waals surface area contributed by atoms with Gasteiger partial charge in [0.05, 0.1) is 6.54 Å². The zero-order chi connectivity index (χ0) is 13.0. The summed E-state index contributed by atoms with van der Waals surface area (Å²) in [4.78, 5) is 11.4. The van der Waals surface area contributed by atoms with Crippen molar-refractivity contribution in [3.8, 4) is 0 Å². The summed E-state index contributed by atoms with van der Waals surface area (Å²) in [5.41, 5.74) is 4.36. The Morgan fingerprint density at radius 3 is 2.84 bits per heavy atom. The van der Waals surface area contributed by atoms with E-state index >= 15 is 0 Å². The molecule has 2 rings (SSSR count). The normalized spacial score (nSPS) is 10.2. The summed E-state index contributed by atoms with van der Waals surface area (Å²) in [6.07, 6.45) is 4.26. The molecule has 1 aromatic carbocycles. The van der Waals surface area contributed by atoms with Gasteiger partial charge in [0.25, 0.3) is 5.91 Å². The van der Waals surface area contributed by atoms with E-state index in [0.717, 1.165) is 30.4 Å². The van der Waals surface area contributed by atoms with Crippen LogP contribution in [0.3, 0.4) is 0 Å². The van der Waals surface area contributed by atoms with E-state index in [2.05, 4.69) is 23.0 Å². The van der Waals surface area contributed by atoms with Crippen molar-refractivity contribution < 1.29 is 21.8 Å². The molecular formula is C13H19ClN4O. The number of amides is 1. The highest BCUT2D eigenvalue weighted by Crippen LogP contribution is 2.11. The van der Waals surface area contributed by atoms with Crippen LogP contribution in [0.2, 0.25) is 0 Å². The number of unbranched alkanes of at least 4 members (excludes halogenated alkanes) is 1. The number of hydrogen-bond donors (Lipinski definition) is 2. The number of aromatic nitrogens is 2. The SMILES string of the molecule is CCCCn1c[n+](CC(=O)NN)c2ccccc21.[Cl-]. The number of aryl methyl sites for hydroxylation is 1. The quantitative estimate of drug-likeness (QED) is 0.281. The number of nitrogens with two attached hydrogens (primary N) is 1. The standard InChI is InChI=1S/C13H18N4O.ClH/c1-2-3-8-16-10-17(9-13(18)15-14)12-7-5-4-6-11(12)16;/h4-7,10H,2-3,8-9,14H2,1H3;1H. The Labute approximate surface area is 118 Å². The molecule has 0 aliphatic rings. The molecule has 19 heavy (non-hydrogen) atoms. The van der Waals surface area contributed by atoms with Crippen molar-refractivity contribution in [3.63, 3.8) is 0 Å². The van der Waals surface area contributed by atoms with Crippen molar-refractivity contribution in [2.45, 2.75) is 32.9 Å². The molecule has 5 nitrogen and oxygen atoms in total. The lowest BCUT2D eigenvalue weighted by Crippen LogP contribution is -3.00. The van der Waals surface area contributed by atoms with Crippen LogP contribution < -0.4 is 28.2 Å². The van der Waals surface area contributed by atoms with Crippen molar-refractivity contribution in [1.29, 1.82) is 0 Å². The van der Waals surface area contributed by atoms with Gasteiger partial charge in [0.1, 0.15) is 0 Å². The van der Waals surface area contributed by atoms with E-state index in [4.69, 9.17) is 5.84 Å². The monoisotopic (exact) mass is 282 g/mol. The highest BCUT2D eigenvalue weighted by molar-refractivity contribution is 5.75.